The zero-order valence-corrected chi connectivity index (χ0v) is 17.5. The molecule has 3 aromatic rings. The summed E-state index contributed by atoms with van der Waals surface area (Å²) in [4.78, 5) is 0.121. The average molecular weight is 456 g/mol. The molecule has 0 amide bonds. The van der Waals surface area contributed by atoms with Crippen LogP contribution in [0.5, 0.6) is 0 Å². The van der Waals surface area contributed by atoms with Gasteiger partial charge in [-0.1, -0.05) is 69.9 Å². The van der Waals surface area contributed by atoms with Crippen molar-refractivity contribution in [1.82, 2.24) is 0 Å². The number of anilines is 1. The number of halogens is 1. The Morgan fingerprint density at radius 2 is 1.68 bits per heavy atom. The number of aryl methyl sites for hydroxylation is 1. The average Bonchev–Trinajstić information content (AvgIpc) is 2.69. The molecule has 0 aromatic heterocycles. The topological polar surface area (TPSA) is 66.4 Å². The smallest absolute Gasteiger partial charge is 0.261 e. The molecule has 1 unspecified atom stereocenters. The first-order valence-electron chi connectivity index (χ1n) is 8.41. The van der Waals surface area contributed by atoms with Crippen LogP contribution in [0, 0.1) is 19.3 Å². The molecule has 3 rings (SSSR count). The van der Waals surface area contributed by atoms with Crippen LogP contribution in [0.15, 0.2) is 82.2 Å². The molecule has 142 valence electrons. The zero-order valence-electron chi connectivity index (χ0n) is 15.1. The molecule has 0 radical (unpaired) electrons. The van der Waals surface area contributed by atoms with Crippen molar-refractivity contribution < 1.29 is 13.5 Å². The second-order valence-electron chi connectivity index (χ2n) is 6.33. The van der Waals surface area contributed by atoms with Crippen molar-refractivity contribution in [3.05, 3.63) is 94.0 Å². The number of benzene rings is 3. The Morgan fingerprint density at radius 1 is 1.04 bits per heavy atom. The lowest BCUT2D eigenvalue weighted by atomic mass is 9.86. The SMILES string of the molecule is C#CC(O)(c1ccccc1)c1cc(Br)ccc1NS(=O)(=O)c1ccc(C)cc1. The van der Waals surface area contributed by atoms with Gasteiger partial charge in [-0.05, 0) is 37.3 Å². The summed E-state index contributed by atoms with van der Waals surface area (Å²) >= 11 is 3.37. The van der Waals surface area contributed by atoms with E-state index in [-0.39, 0.29) is 16.1 Å². The maximum atomic E-state index is 12.8. The molecule has 0 bridgehead atoms. The van der Waals surface area contributed by atoms with Gasteiger partial charge in [0.2, 0.25) is 0 Å². The van der Waals surface area contributed by atoms with E-state index in [0.29, 0.717) is 10.0 Å². The van der Waals surface area contributed by atoms with Crippen molar-refractivity contribution >= 4 is 31.6 Å². The molecular weight excluding hydrogens is 438 g/mol. The molecule has 6 heteroatoms. The predicted molar refractivity (Wildman–Crippen MR) is 114 cm³/mol. The third-order valence-corrected chi connectivity index (χ3v) is 6.22. The summed E-state index contributed by atoms with van der Waals surface area (Å²) < 4.78 is 28.9. The van der Waals surface area contributed by atoms with Gasteiger partial charge < -0.3 is 5.11 Å². The van der Waals surface area contributed by atoms with Crippen LogP contribution in [0.25, 0.3) is 0 Å². The molecule has 0 spiro atoms. The van der Waals surface area contributed by atoms with Crippen LogP contribution in [0.2, 0.25) is 0 Å². The van der Waals surface area contributed by atoms with Crippen molar-refractivity contribution in [2.45, 2.75) is 17.4 Å². The van der Waals surface area contributed by atoms with E-state index in [9.17, 15) is 13.5 Å². The van der Waals surface area contributed by atoms with Gasteiger partial charge in [-0.3, -0.25) is 4.72 Å². The summed E-state index contributed by atoms with van der Waals surface area (Å²) in [6, 6.07) is 20.1. The van der Waals surface area contributed by atoms with Crippen molar-refractivity contribution in [3.63, 3.8) is 0 Å². The Morgan fingerprint density at radius 3 is 2.29 bits per heavy atom. The molecule has 28 heavy (non-hydrogen) atoms. The van der Waals surface area contributed by atoms with Crippen LogP contribution in [-0.4, -0.2) is 13.5 Å². The van der Waals surface area contributed by atoms with Gasteiger partial charge in [-0.2, -0.15) is 0 Å². The monoisotopic (exact) mass is 455 g/mol. The van der Waals surface area contributed by atoms with E-state index >= 15 is 0 Å². The first kappa shape index (κ1) is 20.2. The number of rotatable bonds is 5. The minimum atomic E-state index is -3.86. The lowest BCUT2D eigenvalue weighted by molar-refractivity contribution is 0.146. The lowest BCUT2D eigenvalue weighted by Gasteiger charge is -2.26. The van der Waals surface area contributed by atoms with Crippen LogP contribution >= 0.6 is 15.9 Å². The molecular formula is C22H18BrNO3S. The van der Waals surface area contributed by atoms with Gasteiger partial charge in [0.05, 0.1) is 10.6 Å². The van der Waals surface area contributed by atoms with Crippen molar-refractivity contribution in [1.29, 1.82) is 0 Å². The highest BCUT2D eigenvalue weighted by atomic mass is 79.9. The molecule has 0 saturated carbocycles. The summed E-state index contributed by atoms with van der Waals surface area (Å²) in [5.41, 5.74) is 0.0654. The quantitative estimate of drug-likeness (QED) is 0.559. The van der Waals surface area contributed by atoms with Crippen LogP contribution in [-0.2, 0) is 15.6 Å². The van der Waals surface area contributed by atoms with Gasteiger partial charge in [0, 0.05) is 15.6 Å². The van der Waals surface area contributed by atoms with Crippen LogP contribution in [0.3, 0.4) is 0 Å². The second-order valence-corrected chi connectivity index (χ2v) is 8.93. The fourth-order valence-electron chi connectivity index (χ4n) is 2.82. The minimum Gasteiger partial charge on any atom is -0.369 e. The van der Waals surface area contributed by atoms with E-state index in [0.717, 1.165) is 5.56 Å². The Kier molecular flexibility index (Phi) is 5.61. The molecule has 0 aliphatic carbocycles. The molecule has 2 N–H and O–H groups in total. The van der Waals surface area contributed by atoms with E-state index in [1.807, 2.05) is 13.0 Å². The van der Waals surface area contributed by atoms with Crippen molar-refractivity contribution in [3.8, 4) is 12.3 Å². The van der Waals surface area contributed by atoms with Crippen molar-refractivity contribution in [2.24, 2.45) is 0 Å². The van der Waals surface area contributed by atoms with Crippen LogP contribution < -0.4 is 4.72 Å². The Labute approximate surface area is 173 Å². The van der Waals surface area contributed by atoms with Gasteiger partial charge in [-0.25, -0.2) is 8.42 Å². The molecule has 1 atom stereocenters. The molecule has 0 fully saturated rings. The molecule has 0 heterocycles. The third-order valence-electron chi connectivity index (χ3n) is 4.35. The fraction of sp³-hybridized carbons (Fsp3) is 0.0909. The summed E-state index contributed by atoms with van der Waals surface area (Å²) in [7, 11) is -3.86. The number of nitrogens with one attached hydrogen (secondary N) is 1. The molecule has 3 aromatic carbocycles. The van der Waals surface area contributed by atoms with E-state index in [1.165, 1.54) is 12.1 Å². The predicted octanol–water partition coefficient (Wildman–Crippen LogP) is 4.43. The summed E-state index contributed by atoms with van der Waals surface area (Å²) in [6.45, 7) is 1.88. The highest BCUT2D eigenvalue weighted by molar-refractivity contribution is 9.10. The first-order chi connectivity index (χ1) is 13.3. The lowest BCUT2D eigenvalue weighted by Crippen LogP contribution is -2.27. The highest BCUT2D eigenvalue weighted by Gasteiger charge is 2.33. The molecule has 0 aliphatic rings. The van der Waals surface area contributed by atoms with Gasteiger partial charge in [0.15, 0.2) is 5.60 Å². The minimum absolute atomic E-state index is 0.121. The fourth-order valence-corrected chi connectivity index (χ4v) is 4.26. The number of sulfonamides is 1. The standard InChI is InChI=1S/C22H18BrNO3S/c1-3-22(25,17-7-5-4-6-8-17)20-15-18(23)11-14-21(20)24-28(26,27)19-12-9-16(2)10-13-19/h1,4-15,24-25H,2H3. The Bertz CT molecular complexity index is 1140. The normalized spacial score (nSPS) is 13.4. The number of hydrogen-bond donors (Lipinski definition) is 2. The summed E-state index contributed by atoms with van der Waals surface area (Å²) in [6.07, 6.45) is 5.69. The number of terminal acetylenes is 1. The van der Waals surface area contributed by atoms with E-state index in [2.05, 4.69) is 26.6 Å². The number of aliphatic hydroxyl groups is 1. The van der Waals surface area contributed by atoms with E-state index in [1.54, 1.807) is 54.6 Å². The first-order valence-corrected chi connectivity index (χ1v) is 10.7. The van der Waals surface area contributed by atoms with Crippen molar-refractivity contribution in [2.75, 3.05) is 4.72 Å². The number of hydrogen-bond acceptors (Lipinski definition) is 3. The van der Waals surface area contributed by atoms with Gasteiger partial charge in [0.1, 0.15) is 0 Å². The third kappa shape index (κ3) is 3.97. The highest BCUT2D eigenvalue weighted by Crippen LogP contribution is 2.36. The van der Waals surface area contributed by atoms with Crippen LogP contribution in [0.4, 0.5) is 5.69 Å². The van der Waals surface area contributed by atoms with Gasteiger partial charge in [-0.15, -0.1) is 6.42 Å². The second kappa shape index (κ2) is 7.80. The largest absolute Gasteiger partial charge is 0.369 e. The Balaban J connectivity index is 2.11. The molecule has 0 saturated heterocycles. The van der Waals surface area contributed by atoms with Crippen LogP contribution in [0.1, 0.15) is 16.7 Å². The molecule has 4 nitrogen and oxygen atoms in total. The summed E-state index contributed by atoms with van der Waals surface area (Å²) in [5.74, 6) is 2.41. The van der Waals surface area contributed by atoms with Gasteiger partial charge in [0.25, 0.3) is 10.0 Å². The van der Waals surface area contributed by atoms with E-state index in [4.69, 9.17) is 6.42 Å². The van der Waals surface area contributed by atoms with Gasteiger partial charge >= 0.3 is 0 Å². The summed E-state index contributed by atoms with van der Waals surface area (Å²) in [5, 5.41) is 11.3. The Hall–Kier alpha value is -2.59. The maximum absolute atomic E-state index is 12.8. The zero-order chi connectivity index (χ0) is 20.4. The maximum Gasteiger partial charge on any atom is 0.261 e. The molecule has 0 aliphatic heterocycles. The van der Waals surface area contributed by atoms with E-state index < -0.39 is 15.6 Å².